The highest BCUT2D eigenvalue weighted by atomic mass is 16.5. The molecule has 154 valence electrons. The van der Waals surface area contributed by atoms with Crippen LogP contribution in [0.5, 0.6) is 11.5 Å². The maximum atomic E-state index is 13.2. The number of unbranched alkanes of at least 4 members (excludes halogenated alkanes) is 1. The average Bonchev–Trinajstić information content (AvgIpc) is 3.33. The molecule has 7 nitrogen and oxygen atoms in total. The lowest BCUT2D eigenvalue weighted by atomic mass is 10.0. The van der Waals surface area contributed by atoms with Crippen LogP contribution >= 0.6 is 0 Å². The van der Waals surface area contributed by atoms with Crippen LogP contribution in [0.4, 0.5) is 0 Å². The number of aromatic hydroxyl groups is 1. The first-order valence-corrected chi connectivity index (χ1v) is 10.1. The van der Waals surface area contributed by atoms with Crippen molar-refractivity contribution in [2.45, 2.75) is 45.7 Å². The van der Waals surface area contributed by atoms with E-state index in [1.807, 2.05) is 32.0 Å². The van der Waals surface area contributed by atoms with Crippen molar-refractivity contribution in [3.63, 3.8) is 0 Å². The Kier molecular flexibility index (Phi) is 5.32. The van der Waals surface area contributed by atoms with Crippen molar-refractivity contribution < 1.29 is 14.6 Å². The Morgan fingerprint density at radius 2 is 2.10 bits per heavy atom. The number of ether oxygens (including phenoxy) is 1. The number of hydrogen-bond donors (Lipinski definition) is 2. The van der Waals surface area contributed by atoms with E-state index in [-0.39, 0.29) is 23.1 Å². The van der Waals surface area contributed by atoms with Crippen LogP contribution < -0.4 is 4.74 Å². The van der Waals surface area contributed by atoms with Crippen LogP contribution in [0.25, 0.3) is 10.9 Å². The number of rotatable bonds is 6. The summed E-state index contributed by atoms with van der Waals surface area (Å²) in [5.41, 5.74) is 3.98. The summed E-state index contributed by atoms with van der Waals surface area (Å²) >= 11 is 0. The van der Waals surface area contributed by atoms with Crippen LogP contribution in [0.15, 0.2) is 30.3 Å². The molecule has 0 bridgehead atoms. The predicted molar refractivity (Wildman–Crippen MR) is 112 cm³/mol. The maximum Gasteiger partial charge on any atom is 0.258 e. The highest BCUT2D eigenvalue weighted by Crippen LogP contribution is 2.33. The van der Waals surface area contributed by atoms with E-state index in [1.54, 1.807) is 17.0 Å². The van der Waals surface area contributed by atoms with Gasteiger partial charge in [0.25, 0.3) is 5.91 Å². The fourth-order valence-corrected chi connectivity index (χ4v) is 3.80. The Labute approximate surface area is 174 Å². The zero-order valence-electron chi connectivity index (χ0n) is 17.1. The standard InChI is InChI=1S/C23H24N4O3/c1-14(2)22-18-10-19(21(28)11-20(18)25-26-22)23(29)27-12-15-5-6-17(9-16(15)13-27)30-8-4-3-7-24/h5-6,9-11,14,28H,3-4,8,12-13H2,1-2H3,(H,25,26). The highest BCUT2D eigenvalue weighted by Gasteiger charge is 2.27. The zero-order chi connectivity index (χ0) is 21.3. The molecule has 1 aliphatic rings. The van der Waals surface area contributed by atoms with Crippen molar-refractivity contribution in [1.82, 2.24) is 15.1 Å². The number of carbonyl (C=O) groups is 1. The van der Waals surface area contributed by atoms with E-state index in [1.165, 1.54) is 0 Å². The van der Waals surface area contributed by atoms with Gasteiger partial charge in [-0.25, -0.2) is 0 Å². The topological polar surface area (TPSA) is 102 Å². The van der Waals surface area contributed by atoms with Crippen molar-refractivity contribution in [3.8, 4) is 17.6 Å². The van der Waals surface area contributed by atoms with E-state index in [2.05, 4.69) is 16.3 Å². The largest absolute Gasteiger partial charge is 0.507 e. The van der Waals surface area contributed by atoms with E-state index in [4.69, 9.17) is 10.00 Å². The number of carbonyl (C=O) groups excluding carboxylic acids is 1. The van der Waals surface area contributed by atoms with Crippen LogP contribution in [0.2, 0.25) is 0 Å². The molecule has 2 heterocycles. The normalized spacial score (nSPS) is 12.9. The Bertz CT molecular complexity index is 1140. The minimum Gasteiger partial charge on any atom is -0.507 e. The molecule has 1 aromatic heterocycles. The number of H-pyrrole nitrogens is 1. The quantitative estimate of drug-likeness (QED) is 0.599. The van der Waals surface area contributed by atoms with Gasteiger partial charge in [-0.05, 0) is 41.7 Å². The van der Waals surface area contributed by atoms with Crippen LogP contribution in [-0.2, 0) is 13.1 Å². The number of nitriles is 1. The van der Waals surface area contributed by atoms with E-state index >= 15 is 0 Å². The van der Waals surface area contributed by atoms with Gasteiger partial charge in [0.15, 0.2) is 0 Å². The fourth-order valence-electron chi connectivity index (χ4n) is 3.80. The average molecular weight is 404 g/mol. The summed E-state index contributed by atoms with van der Waals surface area (Å²) < 4.78 is 5.70. The molecule has 0 saturated heterocycles. The number of phenols is 1. The van der Waals surface area contributed by atoms with Crippen molar-refractivity contribution in [3.05, 3.63) is 52.7 Å². The van der Waals surface area contributed by atoms with Gasteiger partial charge in [-0.3, -0.25) is 9.89 Å². The van der Waals surface area contributed by atoms with Crippen molar-refractivity contribution >= 4 is 16.8 Å². The van der Waals surface area contributed by atoms with E-state index in [0.29, 0.717) is 32.5 Å². The van der Waals surface area contributed by atoms with Gasteiger partial charge in [-0.1, -0.05) is 19.9 Å². The number of fused-ring (bicyclic) bond motifs is 2. The highest BCUT2D eigenvalue weighted by molar-refractivity contribution is 6.01. The predicted octanol–water partition coefficient (Wildman–Crippen LogP) is 4.23. The SMILES string of the molecule is CC(C)c1n[nH]c2cc(O)c(C(=O)N3Cc4ccc(OCCCC#N)cc4C3)cc12. The van der Waals surface area contributed by atoms with Gasteiger partial charge in [0.1, 0.15) is 11.5 Å². The van der Waals surface area contributed by atoms with Crippen molar-refractivity contribution in [1.29, 1.82) is 5.26 Å². The summed E-state index contributed by atoms with van der Waals surface area (Å²) in [5.74, 6) is 0.681. The number of nitrogens with one attached hydrogen (secondary N) is 1. The number of aromatic nitrogens is 2. The van der Waals surface area contributed by atoms with Crippen molar-refractivity contribution in [2.24, 2.45) is 0 Å². The monoisotopic (exact) mass is 404 g/mol. The number of phenolic OH excluding ortho intramolecular Hbond substituents is 1. The second-order valence-electron chi connectivity index (χ2n) is 7.88. The molecule has 0 spiro atoms. The molecular weight excluding hydrogens is 380 g/mol. The molecule has 1 aliphatic heterocycles. The molecule has 3 aromatic rings. The number of aromatic amines is 1. The number of nitrogens with zero attached hydrogens (tertiary/aromatic N) is 3. The zero-order valence-corrected chi connectivity index (χ0v) is 17.1. The first-order chi connectivity index (χ1) is 14.5. The third-order valence-corrected chi connectivity index (χ3v) is 5.37. The molecule has 4 rings (SSSR count). The van der Waals surface area contributed by atoms with E-state index < -0.39 is 0 Å². The van der Waals surface area contributed by atoms with Crippen LogP contribution in [0.1, 0.15) is 59.8 Å². The summed E-state index contributed by atoms with van der Waals surface area (Å²) in [6.45, 7) is 5.53. The second-order valence-corrected chi connectivity index (χ2v) is 7.88. The summed E-state index contributed by atoms with van der Waals surface area (Å²) in [7, 11) is 0. The smallest absolute Gasteiger partial charge is 0.258 e. The first kappa shape index (κ1) is 19.8. The van der Waals surface area contributed by atoms with Gasteiger partial charge in [0, 0.05) is 31.0 Å². The van der Waals surface area contributed by atoms with Crippen molar-refractivity contribution in [2.75, 3.05) is 6.61 Å². The van der Waals surface area contributed by atoms with Gasteiger partial charge >= 0.3 is 0 Å². The summed E-state index contributed by atoms with van der Waals surface area (Å²) in [5, 5.41) is 27.2. The first-order valence-electron chi connectivity index (χ1n) is 10.1. The molecule has 0 radical (unpaired) electrons. The van der Waals surface area contributed by atoms with Gasteiger partial charge in [0.05, 0.1) is 29.5 Å². The molecule has 0 aliphatic carbocycles. The molecule has 0 saturated carbocycles. The summed E-state index contributed by atoms with van der Waals surface area (Å²) in [4.78, 5) is 14.9. The molecule has 30 heavy (non-hydrogen) atoms. The van der Waals surface area contributed by atoms with Crippen LogP contribution in [-0.4, -0.2) is 32.7 Å². The Balaban J connectivity index is 1.53. The van der Waals surface area contributed by atoms with Gasteiger partial charge in [-0.15, -0.1) is 0 Å². The molecule has 0 atom stereocenters. The number of amides is 1. The number of hydrogen-bond acceptors (Lipinski definition) is 5. The van der Waals surface area contributed by atoms with E-state index in [0.717, 1.165) is 33.5 Å². The molecule has 0 fully saturated rings. The molecule has 2 N–H and O–H groups in total. The third kappa shape index (κ3) is 3.69. The number of benzene rings is 2. The van der Waals surface area contributed by atoms with Crippen LogP contribution in [0, 0.1) is 11.3 Å². The molecule has 2 aromatic carbocycles. The fraction of sp³-hybridized carbons (Fsp3) is 0.348. The third-order valence-electron chi connectivity index (χ3n) is 5.37. The Hall–Kier alpha value is -3.53. The summed E-state index contributed by atoms with van der Waals surface area (Å²) in [6, 6.07) is 11.2. The van der Waals surface area contributed by atoms with Crippen LogP contribution in [0.3, 0.4) is 0 Å². The Morgan fingerprint density at radius 1 is 1.30 bits per heavy atom. The van der Waals surface area contributed by atoms with E-state index in [9.17, 15) is 9.90 Å². The minimum atomic E-state index is -0.210. The van der Waals surface area contributed by atoms with Gasteiger partial charge in [-0.2, -0.15) is 10.4 Å². The lowest BCUT2D eigenvalue weighted by Gasteiger charge is -2.16. The second kappa shape index (κ2) is 8.07. The minimum absolute atomic E-state index is 0.0519. The molecule has 0 unspecified atom stereocenters. The lowest BCUT2D eigenvalue weighted by molar-refractivity contribution is 0.0748. The Morgan fingerprint density at radius 3 is 2.87 bits per heavy atom. The summed E-state index contributed by atoms with van der Waals surface area (Å²) in [6.07, 6.45) is 1.16. The molecule has 7 heteroatoms. The maximum absolute atomic E-state index is 13.2. The molecular formula is C23H24N4O3. The van der Waals surface area contributed by atoms with Gasteiger partial charge in [0.2, 0.25) is 0 Å². The van der Waals surface area contributed by atoms with Gasteiger partial charge < -0.3 is 14.7 Å². The molecule has 1 amide bonds. The lowest BCUT2D eigenvalue weighted by Crippen LogP contribution is -2.25.